The van der Waals surface area contributed by atoms with Crippen LogP contribution in [-0.2, 0) is 14.8 Å². The van der Waals surface area contributed by atoms with Crippen molar-refractivity contribution >= 4 is 27.3 Å². The Labute approximate surface area is 160 Å². The Hall–Kier alpha value is -2.74. The number of para-hydroxylation sites is 2. The molecule has 7 nitrogen and oxygen atoms in total. The average molecular weight is 392 g/mol. The zero-order valence-corrected chi connectivity index (χ0v) is 16.6. The van der Waals surface area contributed by atoms with Crippen LogP contribution in [0.25, 0.3) is 0 Å². The van der Waals surface area contributed by atoms with Crippen molar-refractivity contribution in [3.8, 4) is 11.5 Å². The van der Waals surface area contributed by atoms with E-state index in [4.69, 9.17) is 9.47 Å². The van der Waals surface area contributed by atoms with Crippen molar-refractivity contribution in [1.82, 2.24) is 0 Å². The molecule has 0 spiro atoms. The Balaban J connectivity index is 2.29. The fraction of sp³-hybridized carbons (Fsp3) is 0.316. The number of amides is 1. The maximum atomic E-state index is 12.7. The van der Waals surface area contributed by atoms with Gasteiger partial charge in [-0.15, -0.1) is 0 Å². The van der Waals surface area contributed by atoms with E-state index in [-0.39, 0.29) is 0 Å². The number of nitrogens with zero attached hydrogens (tertiary/aromatic N) is 1. The van der Waals surface area contributed by atoms with E-state index in [0.29, 0.717) is 29.5 Å². The second kappa shape index (κ2) is 8.77. The van der Waals surface area contributed by atoms with E-state index in [2.05, 4.69) is 5.32 Å². The lowest BCUT2D eigenvalue weighted by Crippen LogP contribution is -2.45. The molecular formula is C19H24N2O5S. The first-order valence-corrected chi connectivity index (χ1v) is 10.3. The van der Waals surface area contributed by atoms with E-state index in [0.717, 1.165) is 10.6 Å². The van der Waals surface area contributed by atoms with Gasteiger partial charge in [-0.05, 0) is 50.2 Å². The molecule has 0 saturated heterocycles. The number of sulfonamides is 1. The van der Waals surface area contributed by atoms with Crippen molar-refractivity contribution in [2.75, 3.05) is 29.6 Å². The number of ether oxygens (including phenoxy) is 2. The number of methoxy groups -OCH3 is 1. The van der Waals surface area contributed by atoms with Crippen molar-refractivity contribution in [2.24, 2.45) is 0 Å². The number of nitrogens with one attached hydrogen (secondary N) is 1. The quantitative estimate of drug-likeness (QED) is 0.747. The van der Waals surface area contributed by atoms with Gasteiger partial charge >= 0.3 is 0 Å². The molecule has 27 heavy (non-hydrogen) atoms. The van der Waals surface area contributed by atoms with Crippen molar-refractivity contribution in [1.29, 1.82) is 0 Å². The van der Waals surface area contributed by atoms with Crippen LogP contribution < -0.4 is 19.1 Å². The van der Waals surface area contributed by atoms with E-state index in [1.807, 2.05) is 6.92 Å². The smallest absolute Gasteiger partial charge is 0.248 e. The van der Waals surface area contributed by atoms with E-state index in [1.54, 1.807) is 48.5 Å². The molecule has 0 fully saturated rings. The molecule has 1 amide bonds. The Kier molecular flexibility index (Phi) is 6.68. The lowest BCUT2D eigenvalue weighted by Gasteiger charge is -2.28. The lowest BCUT2D eigenvalue weighted by molar-refractivity contribution is -0.116. The van der Waals surface area contributed by atoms with Crippen LogP contribution in [0.4, 0.5) is 11.4 Å². The molecule has 1 atom stereocenters. The number of carbonyl (C=O) groups is 1. The van der Waals surface area contributed by atoms with Gasteiger partial charge in [-0.2, -0.15) is 0 Å². The highest BCUT2D eigenvalue weighted by molar-refractivity contribution is 7.92. The molecule has 0 bridgehead atoms. The molecule has 0 aliphatic rings. The molecule has 0 aliphatic heterocycles. The van der Waals surface area contributed by atoms with E-state index < -0.39 is 22.0 Å². The van der Waals surface area contributed by atoms with Crippen LogP contribution >= 0.6 is 0 Å². The SMILES string of the molecule is CCOc1ccc(N([C@@H](C)C(=O)Nc2ccccc2OC)S(C)(=O)=O)cc1. The third-order valence-electron chi connectivity index (χ3n) is 3.86. The molecule has 2 aromatic carbocycles. The summed E-state index contributed by atoms with van der Waals surface area (Å²) in [5.74, 6) is 0.643. The molecule has 0 saturated carbocycles. The molecule has 2 rings (SSSR count). The monoisotopic (exact) mass is 392 g/mol. The molecule has 0 aromatic heterocycles. The first kappa shape index (κ1) is 20.6. The van der Waals surface area contributed by atoms with Gasteiger partial charge in [-0.25, -0.2) is 8.42 Å². The van der Waals surface area contributed by atoms with Crippen molar-refractivity contribution in [3.05, 3.63) is 48.5 Å². The van der Waals surface area contributed by atoms with Gasteiger partial charge in [0.15, 0.2) is 0 Å². The maximum absolute atomic E-state index is 12.7. The summed E-state index contributed by atoms with van der Waals surface area (Å²) >= 11 is 0. The minimum Gasteiger partial charge on any atom is -0.495 e. The highest BCUT2D eigenvalue weighted by atomic mass is 32.2. The third-order valence-corrected chi connectivity index (χ3v) is 5.10. The van der Waals surface area contributed by atoms with Gasteiger partial charge < -0.3 is 14.8 Å². The summed E-state index contributed by atoms with van der Waals surface area (Å²) in [7, 11) is -2.20. The number of carbonyl (C=O) groups excluding carboxylic acids is 1. The number of benzene rings is 2. The van der Waals surface area contributed by atoms with Crippen LogP contribution in [0.1, 0.15) is 13.8 Å². The first-order valence-electron chi connectivity index (χ1n) is 8.44. The summed E-state index contributed by atoms with van der Waals surface area (Å²) in [6, 6.07) is 12.5. The van der Waals surface area contributed by atoms with Crippen LogP contribution in [0.2, 0.25) is 0 Å². The topological polar surface area (TPSA) is 84.9 Å². The number of hydrogen-bond acceptors (Lipinski definition) is 5. The van der Waals surface area contributed by atoms with Gasteiger partial charge in [-0.1, -0.05) is 12.1 Å². The molecule has 2 aromatic rings. The fourth-order valence-electron chi connectivity index (χ4n) is 2.65. The van der Waals surface area contributed by atoms with Crippen LogP contribution in [0, 0.1) is 0 Å². The Morgan fingerprint density at radius 1 is 1.15 bits per heavy atom. The van der Waals surface area contributed by atoms with Gasteiger partial charge in [0, 0.05) is 0 Å². The van der Waals surface area contributed by atoms with Crippen LogP contribution in [-0.4, -0.2) is 40.3 Å². The molecule has 8 heteroatoms. The summed E-state index contributed by atoms with van der Waals surface area (Å²) < 4.78 is 36.4. The Morgan fingerprint density at radius 2 is 1.78 bits per heavy atom. The van der Waals surface area contributed by atoms with Gasteiger partial charge in [0.1, 0.15) is 17.5 Å². The summed E-state index contributed by atoms with van der Waals surface area (Å²) in [6.07, 6.45) is 1.07. The third kappa shape index (κ3) is 5.13. The summed E-state index contributed by atoms with van der Waals surface area (Å²) in [5, 5.41) is 2.72. The van der Waals surface area contributed by atoms with Crippen molar-refractivity contribution in [2.45, 2.75) is 19.9 Å². The first-order chi connectivity index (χ1) is 12.8. The van der Waals surface area contributed by atoms with Gasteiger partial charge in [0.05, 0.1) is 31.3 Å². The Morgan fingerprint density at radius 3 is 2.33 bits per heavy atom. The van der Waals surface area contributed by atoms with Gasteiger partial charge in [0.25, 0.3) is 0 Å². The number of hydrogen-bond donors (Lipinski definition) is 1. The molecule has 0 heterocycles. The fourth-order valence-corrected chi connectivity index (χ4v) is 3.82. The standard InChI is InChI=1S/C19H24N2O5S/c1-5-26-16-12-10-15(11-13-16)21(27(4,23)24)14(2)19(22)20-17-8-6-7-9-18(17)25-3/h6-14H,5H2,1-4H3,(H,20,22)/t14-/m0/s1. The number of anilines is 2. The van der Waals surface area contributed by atoms with Crippen molar-refractivity contribution in [3.63, 3.8) is 0 Å². The van der Waals surface area contributed by atoms with E-state index in [9.17, 15) is 13.2 Å². The highest BCUT2D eigenvalue weighted by Gasteiger charge is 2.29. The molecule has 0 radical (unpaired) electrons. The minimum atomic E-state index is -3.69. The van der Waals surface area contributed by atoms with Crippen LogP contribution in [0.5, 0.6) is 11.5 Å². The summed E-state index contributed by atoms with van der Waals surface area (Å²) in [6.45, 7) is 3.90. The van der Waals surface area contributed by atoms with Crippen LogP contribution in [0.15, 0.2) is 48.5 Å². The molecule has 1 N–H and O–H groups in total. The largest absolute Gasteiger partial charge is 0.495 e. The minimum absolute atomic E-state index is 0.378. The zero-order chi connectivity index (χ0) is 20.0. The zero-order valence-electron chi connectivity index (χ0n) is 15.8. The highest BCUT2D eigenvalue weighted by Crippen LogP contribution is 2.26. The van der Waals surface area contributed by atoms with Gasteiger partial charge in [0.2, 0.25) is 15.9 Å². The van der Waals surface area contributed by atoms with Crippen molar-refractivity contribution < 1.29 is 22.7 Å². The summed E-state index contributed by atoms with van der Waals surface area (Å²) in [5.41, 5.74) is 0.848. The predicted octanol–water partition coefficient (Wildman–Crippen LogP) is 2.89. The molecule has 0 aliphatic carbocycles. The van der Waals surface area contributed by atoms with Crippen LogP contribution in [0.3, 0.4) is 0 Å². The Bertz CT molecular complexity index is 881. The number of rotatable bonds is 8. The van der Waals surface area contributed by atoms with E-state index in [1.165, 1.54) is 14.0 Å². The summed E-state index contributed by atoms with van der Waals surface area (Å²) in [4.78, 5) is 12.7. The predicted molar refractivity (Wildman–Crippen MR) is 106 cm³/mol. The second-order valence-electron chi connectivity index (χ2n) is 5.85. The molecular weight excluding hydrogens is 368 g/mol. The van der Waals surface area contributed by atoms with E-state index >= 15 is 0 Å². The normalized spacial score (nSPS) is 12.1. The second-order valence-corrected chi connectivity index (χ2v) is 7.71. The maximum Gasteiger partial charge on any atom is 0.248 e. The average Bonchev–Trinajstić information content (AvgIpc) is 2.62. The van der Waals surface area contributed by atoms with Gasteiger partial charge in [-0.3, -0.25) is 9.10 Å². The molecule has 146 valence electrons. The lowest BCUT2D eigenvalue weighted by atomic mass is 10.2. The molecule has 0 unspecified atom stereocenters.